The van der Waals surface area contributed by atoms with Gasteiger partial charge < -0.3 is 34.0 Å². The number of benzene rings is 1. The highest BCUT2D eigenvalue weighted by Gasteiger charge is 2.40. The Kier molecular flexibility index (Phi) is 11.2. The van der Waals surface area contributed by atoms with Crippen LogP contribution in [0, 0.1) is 6.92 Å². The van der Waals surface area contributed by atoms with Crippen molar-refractivity contribution < 1.29 is 42.6 Å². The van der Waals surface area contributed by atoms with Crippen molar-refractivity contribution >= 4 is 44.0 Å². The lowest BCUT2D eigenvalue weighted by molar-refractivity contribution is -0.144. The molecule has 0 radical (unpaired) electrons. The maximum absolute atomic E-state index is 13.6. The molecule has 0 unspecified atom stereocenters. The second-order valence-corrected chi connectivity index (χ2v) is 18.1. The molecule has 13 heteroatoms. The number of hydrogen-bond donors (Lipinski definition) is 2. The van der Waals surface area contributed by atoms with Crippen LogP contribution in [0.1, 0.15) is 63.0 Å². The summed E-state index contributed by atoms with van der Waals surface area (Å²) in [7, 11) is 0.429. The Labute approximate surface area is 247 Å². The largest absolute Gasteiger partial charge is 0.543 e. The van der Waals surface area contributed by atoms with Gasteiger partial charge in [-0.15, -0.1) is 0 Å². The molecular weight excluding hydrogens is 568 g/mol. The van der Waals surface area contributed by atoms with Gasteiger partial charge in [0.1, 0.15) is 35.8 Å². The summed E-state index contributed by atoms with van der Waals surface area (Å²) < 4.78 is 28.0. The number of carbonyl (C=O) groups is 4. The van der Waals surface area contributed by atoms with E-state index < -0.39 is 56.5 Å². The number of thioether (sulfide) groups is 1. The summed E-state index contributed by atoms with van der Waals surface area (Å²) in [5.74, 6) is -0.736. The van der Waals surface area contributed by atoms with E-state index in [4.69, 9.17) is 23.4 Å². The summed E-state index contributed by atoms with van der Waals surface area (Å²) >= 11 is 1.30. The number of ether oxygens (including phenoxy) is 4. The molecule has 11 nitrogen and oxygen atoms in total. The van der Waals surface area contributed by atoms with E-state index in [0.717, 1.165) is 0 Å². The van der Waals surface area contributed by atoms with E-state index >= 15 is 0 Å². The van der Waals surface area contributed by atoms with E-state index in [1.54, 1.807) is 33.8 Å². The zero-order chi connectivity index (χ0) is 31.3. The second-order valence-electron chi connectivity index (χ2n) is 12.3. The van der Waals surface area contributed by atoms with Crippen LogP contribution in [-0.2, 0) is 29.6 Å². The van der Waals surface area contributed by atoms with Crippen LogP contribution in [-0.4, -0.2) is 76.5 Å². The van der Waals surface area contributed by atoms with Gasteiger partial charge in [0.05, 0.1) is 19.8 Å². The first-order chi connectivity index (χ1) is 18.8. The lowest BCUT2D eigenvalue weighted by Crippen LogP contribution is -2.55. The molecule has 1 aromatic rings. The van der Waals surface area contributed by atoms with Gasteiger partial charge in [-0.05, 0) is 45.8 Å². The Morgan fingerprint density at radius 2 is 1.73 bits per heavy atom. The van der Waals surface area contributed by atoms with Gasteiger partial charge in [-0.25, -0.2) is 14.4 Å². The van der Waals surface area contributed by atoms with E-state index in [1.165, 1.54) is 26.0 Å². The first-order valence-electron chi connectivity index (χ1n) is 13.3. The predicted molar refractivity (Wildman–Crippen MR) is 159 cm³/mol. The Bertz CT molecular complexity index is 1160. The Hall–Kier alpha value is -2.93. The number of alkyl carbamates (subject to hydrolysis) is 1. The van der Waals surface area contributed by atoms with Crippen molar-refractivity contribution in [2.24, 2.45) is 0 Å². The molecule has 0 aromatic heterocycles. The molecule has 2 rings (SSSR count). The fourth-order valence-electron chi connectivity index (χ4n) is 3.65. The SMILES string of the molecule is COC(=O)[C@@H]1CSCc2c(OC)cc(O[Si](C)(C)C(C)(C)C)c(C)c2C(=O)OC[C@@H](NC(=O)OC(C)(C)C)C(=O)N1. The summed E-state index contributed by atoms with van der Waals surface area (Å²) in [6.45, 7) is 16.8. The Balaban J connectivity index is 2.59. The van der Waals surface area contributed by atoms with Crippen LogP contribution < -0.4 is 19.8 Å². The van der Waals surface area contributed by atoms with Crippen molar-refractivity contribution in [3.63, 3.8) is 0 Å². The van der Waals surface area contributed by atoms with Gasteiger partial charge in [0.2, 0.25) is 14.2 Å². The maximum atomic E-state index is 13.6. The monoisotopic (exact) mass is 612 g/mol. The Morgan fingerprint density at radius 3 is 2.27 bits per heavy atom. The van der Waals surface area contributed by atoms with Gasteiger partial charge in [0.25, 0.3) is 0 Å². The zero-order valence-electron chi connectivity index (χ0n) is 25.9. The number of fused-ring (bicyclic) bond motifs is 1. The maximum Gasteiger partial charge on any atom is 0.408 e. The summed E-state index contributed by atoms with van der Waals surface area (Å²) in [5, 5.41) is 4.93. The van der Waals surface area contributed by atoms with E-state index in [9.17, 15) is 19.2 Å². The standard InChI is InChI=1S/C28H44N2O9SSi/c1-16-20(39-41(10,11)28(5,6)7)12-21(35-8)17-14-40-15-19(24(32)36-9)29-23(31)18(13-37-25(33)22(16)17)30-26(34)38-27(2,3)4/h12,18-19H,13-15H2,1-11H3,(H,29,31)(H,30,34)/t18-,19+/m1/s1. The van der Waals surface area contributed by atoms with Gasteiger partial charge in [-0.2, -0.15) is 11.8 Å². The van der Waals surface area contributed by atoms with Crippen molar-refractivity contribution in [3.8, 4) is 11.5 Å². The highest BCUT2D eigenvalue weighted by molar-refractivity contribution is 7.98. The first-order valence-corrected chi connectivity index (χ1v) is 17.4. The van der Waals surface area contributed by atoms with Crippen LogP contribution in [0.25, 0.3) is 0 Å². The minimum absolute atomic E-state index is 0.102. The number of methoxy groups -OCH3 is 2. The number of hydrogen-bond acceptors (Lipinski definition) is 10. The molecule has 1 aromatic carbocycles. The van der Waals surface area contributed by atoms with Gasteiger partial charge in [-0.3, -0.25) is 4.79 Å². The fourth-order valence-corrected chi connectivity index (χ4v) is 5.78. The smallest absolute Gasteiger partial charge is 0.408 e. The normalized spacial score (nSPS) is 18.9. The van der Waals surface area contributed by atoms with Gasteiger partial charge in [-0.1, -0.05) is 20.8 Å². The summed E-state index contributed by atoms with van der Waals surface area (Å²) in [6.07, 6.45) is -0.881. The summed E-state index contributed by atoms with van der Waals surface area (Å²) in [5.41, 5.74) is 0.548. The second kappa shape index (κ2) is 13.4. The molecule has 2 amide bonds. The zero-order valence-corrected chi connectivity index (χ0v) is 27.8. The molecule has 230 valence electrons. The molecule has 1 heterocycles. The number of esters is 2. The molecule has 1 aliphatic rings. The summed E-state index contributed by atoms with van der Waals surface area (Å²) in [6, 6.07) is -0.587. The van der Waals surface area contributed by atoms with Crippen LogP contribution in [0.15, 0.2) is 6.07 Å². The van der Waals surface area contributed by atoms with Crippen molar-refractivity contribution in [2.45, 2.75) is 90.0 Å². The number of rotatable bonds is 5. The van der Waals surface area contributed by atoms with Crippen LogP contribution >= 0.6 is 11.8 Å². The van der Waals surface area contributed by atoms with Crippen molar-refractivity contribution in [2.75, 3.05) is 26.6 Å². The molecule has 2 N–H and O–H groups in total. The van der Waals surface area contributed by atoms with Crippen LogP contribution in [0.5, 0.6) is 11.5 Å². The minimum Gasteiger partial charge on any atom is -0.543 e. The molecular formula is C28H44N2O9SSi. The Morgan fingerprint density at radius 1 is 1.10 bits per heavy atom. The molecule has 0 spiro atoms. The van der Waals surface area contributed by atoms with E-state index in [-0.39, 0.29) is 22.1 Å². The third-order valence-electron chi connectivity index (χ3n) is 6.92. The highest BCUT2D eigenvalue weighted by Crippen LogP contribution is 2.42. The quantitative estimate of drug-likeness (QED) is 0.280. The lowest BCUT2D eigenvalue weighted by Gasteiger charge is -2.37. The lowest BCUT2D eigenvalue weighted by atomic mass is 10.0. The first kappa shape index (κ1) is 34.3. The number of amides is 2. The van der Waals surface area contributed by atoms with Crippen molar-refractivity contribution in [3.05, 3.63) is 22.8 Å². The molecule has 0 bridgehead atoms. The van der Waals surface area contributed by atoms with Gasteiger partial charge in [0, 0.05) is 28.7 Å². The molecule has 41 heavy (non-hydrogen) atoms. The van der Waals surface area contributed by atoms with Crippen LogP contribution in [0.3, 0.4) is 0 Å². The molecule has 2 atom stereocenters. The molecule has 1 aliphatic heterocycles. The fraction of sp³-hybridized carbons (Fsp3) is 0.643. The molecule has 0 saturated carbocycles. The van der Waals surface area contributed by atoms with E-state index in [1.807, 2.05) is 0 Å². The van der Waals surface area contributed by atoms with E-state index in [0.29, 0.717) is 22.6 Å². The third-order valence-corrected chi connectivity index (χ3v) is 12.3. The van der Waals surface area contributed by atoms with Crippen molar-refractivity contribution in [1.82, 2.24) is 10.6 Å². The molecule has 0 fully saturated rings. The highest BCUT2D eigenvalue weighted by atomic mass is 32.2. The van der Waals surface area contributed by atoms with Crippen LogP contribution in [0.2, 0.25) is 18.1 Å². The summed E-state index contributed by atoms with van der Waals surface area (Å²) in [4.78, 5) is 51.8. The average Bonchev–Trinajstić information content (AvgIpc) is 2.83. The predicted octanol–water partition coefficient (Wildman–Crippen LogP) is 4.34. The van der Waals surface area contributed by atoms with Gasteiger partial charge >= 0.3 is 18.0 Å². The van der Waals surface area contributed by atoms with E-state index in [2.05, 4.69) is 44.5 Å². The molecule has 0 aliphatic carbocycles. The number of nitrogens with one attached hydrogen (secondary N) is 2. The van der Waals surface area contributed by atoms with Crippen LogP contribution in [0.4, 0.5) is 4.79 Å². The topological polar surface area (TPSA) is 138 Å². The third kappa shape index (κ3) is 9.02. The average molecular weight is 613 g/mol. The molecule has 0 saturated heterocycles. The van der Waals surface area contributed by atoms with Crippen molar-refractivity contribution in [1.29, 1.82) is 0 Å². The number of cyclic esters (lactones) is 1. The minimum atomic E-state index is -2.30. The van der Waals surface area contributed by atoms with Gasteiger partial charge in [0.15, 0.2) is 0 Å². The number of carbonyl (C=O) groups excluding carboxylic acids is 4.